The zero-order chi connectivity index (χ0) is 13.7. The molecule has 1 rings (SSSR count). The van der Waals surface area contributed by atoms with Gasteiger partial charge in [-0.25, -0.2) is 4.79 Å². The number of primary amides is 1. The maximum Gasteiger partial charge on any atom is 0.340 e. The number of hydrogen-bond donors (Lipinski definition) is 1. The third-order valence-electron chi connectivity index (χ3n) is 2.29. The summed E-state index contributed by atoms with van der Waals surface area (Å²) in [6.07, 6.45) is 4.22. The van der Waals surface area contributed by atoms with Crippen LogP contribution in [0.2, 0.25) is 0 Å². The monoisotopic (exact) mass is 247 g/mol. The summed E-state index contributed by atoms with van der Waals surface area (Å²) < 4.78 is 4.63. The first kappa shape index (κ1) is 13.6. The molecular formula is C12H13N3O3. The Morgan fingerprint density at radius 1 is 1.50 bits per heavy atom. The number of rotatable bonds is 4. The van der Waals surface area contributed by atoms with Gasteiger partial charge in [-0.05, 0) is 19.7 Å². The number of ether oxygens (including phenoxy) is 1. The summed E-state index contributed by atoms with van der Waals surface area (Å²) in [5.41, 5.74) is 6.41. The fourth-order valence-corrected chi connectivity index (χ4v) is 1.30. The summed E-state index contributed by atoms with van der Waals surface area (Å²) in [4.78, 5) is 30.2. The van der Waals surface area contributed by atoms with E-state index >= 15 is 0 Å². The van der Waals surface area contributed by atoms with Crippen LogP contribution >= 0.6 is 0 Å². The summed E-state index contributed by atoms with van der Waals surface area (Å²) in [5, 5.41) is 0. The van der Waals surface area contributed by atoms with Crippen molar-refractivity contribution in [2.24, 2.45) is 10.7 Å². The van der Waals surface area contributed by atoms with Gasteiger partial charge in [0, 0.05) is 17.3 Å². The number of carbonyl (C=O) groups is 2. The predicted molar refractivity (Wildman–Crippen MR) is 67.6 cm³/mol. The van der Waals surface area contributed by atoms with Crippen molar-refractivity contribution in [1.29, 1.82) is 0 Å². The van der Waals surface area contributed by atoms with Crippen LogP contribution in [0.4, 0.5) is 5.69 Å². The van der Waals surface area contributed by atoms with E-state index in [1.165, 1.54) is 32.5 Å². The van der Waals surface area contributed by atoms with Crippen LogP contribution in [0.3, 0.4) is 0 Å². The van der Waals surface area contributed by atoms with Crippen molar-refractivity contribution in [2.45, 2.75) is 6.92 Å². The number of amides is 1. The Balaban J connectivity index is 3.47. The van der Waals surface area contributed by atoms with E-state index in [-0.39, 0.29) is 11.1 Å². The number of carbonyl (C=O) groups excluding carboxylic acids is 2. The molecule has 0 spiro atoms. The largest absolute Gasteiger partial charge is 0.465 e. The molecule has 0 saturated heterocycles. The van der Waals surface area contributed by atoms with Crippen LogP contribution in [0, 0.1) is 0 Å². The van der Waals surface area contributed by atoms with Crippen molar-refractivity contribution in [3.8, 4) is 0 Å². The minimum Gasteiger partial charge on any atom is -0.465 e. The first-order valence-electron chi connectivity index (χ1n) is 5.02. The van der Waals surface area contributed by atoms with Gasteiger partial charge in [0.15, 0.2) is 0 Å². The first-order chi connectivity index (χ1) is 8.51. The van der Waals surface area contributed by atoms with Gasteiger partial charge in [-0.3, -0.25) is 14.8 Å². The maximum absolute atomic E-state index is 11.6. The molecule has 94 valence electrons. The molecule has 0 saturated carbocycles. The number of pyridine rings is 1. The smallest absolute Gasteiger partial charge is 0.340 e. The van der Waals surface area contributed by atoms with Gasteiger partial charge < -0.3 is 10.5 Å². The summed E-state index contributed by atoms with van der Waals surface area (Å²) in [6, 6.07) is 0. The van der Waals surface area contributed by atoms with E-state index in [0.717, 1.165) is 0 Å². The van der Waals surface area contributed by atoms with Crippen LogP contribution in [0.5, 0.6) is 0 Å². The van der Waals surface area contributed by atoms with Gasteiger partial charge in [-0.1, -0.05) is 0 Å². The van der Waals surface area contributed by atoms with Crippen molar-refractivity contribution < 1.29 is 14.3 Å². The number of aliphatic imine (C=N–C) groups is 1. The summed E-state index contributed by atoms with van der Waals surface area (Å²) in [7, 11) is 1.25. The third kappa shape index (κ3) is 2.79. The molecule has 0 bridgehead atoms. The number of nitrogens with two attached hydrogens (primary N) is 1. The van der Waals surface area contributed by atoms with Crippen LogP contribution in [0.15, 0.2) is 23.0 Å². The average Bonchev–Trinajstić information content (AvgIpc) is 2.37. The number of aromatic nitrogens is 1. The van der Waals surface area contributed by atoms with E-state index in [1.807, 2.05) is 0 Å². The lowest BCUT2D eigenvalue weighted by molar-refractivity contribution is -0.114. The Kier molecular flexibility index (Phi) is 4.31. The van der Waals surface area contributed by atoms with Crippen molar-refractivity contribution >= 4 is 30.4 Å². The fraction of sp³-hybridized carbons (Fsp3) is 0.167. The lowest BCUT2D eigenvalue weighted by Crippen LogP contribution is -2.12. The second kappa shape index (κ2) is 5.72. The van der Waals surface area contributed by atoms with E-state index in [4.69, 9.17) is 5.73 Å². The molecule has 0 atom stereocenters. The van der Waals surface area contributed by atoms with Gasteiger partial charge in [0.25, 0.3) is 0 Å². The van der Waals surface area contributed by atoms with E-state index < -0.39 is 11.9 Å². The topological polar surface area (TPSA) is 94.6 Å². The van der Waals surface area contributed by atoms with Gasteiger partial charge in [-0.15, -0.1) is 0 Å². The molecular weight excluding hydrogens is 234 g/mol. The predicted octanol–water partition coefficient (Wildman–Crippen LogP) is 1.09. The standard InChI is InChI=1S/C12H13N3O3/c1-7(11(13)16)4-8-9(12(17)18-3)5-15-6-10(8)14-2/h4-6H,2H2,1,3H3,(H2,13,16)/b7-4+. The van der Waals surface area contributed by atoms with E-state index in [1.54, 1.807) is 0 Å². The normalized spacial score (nSPS) is 10.9. The number of esters is 1. The molecule has 2 N–H and O–H groups in total. The highest BCUT2D eigenvalue weighted by molar-refractivity contribution is 6.01. The average molecular weight is 247 g/mol. The van der Waals surface area contributed by atoms with E-state index in [0.29, 0.717) is 11.3 Å². The van der Waals surface area contributed by atoms with Gasteiger partial charge in [-0.2, -0.15) is 0 Å². The van der Waals surface area contributed by atoms with Crippen LogP contribution in [-0.4, -0.2) is 30.7 Å². The maximum atomic E-state index is 11.6. The molecule has 0 radical (unpaired) electrons. The summed E-state index contributed by atoms with van der Waals surface area (Å²) >= 11 is 0. The molecule has 18 heavy (non-hydrogen) atoms. The Labute approximate surface area is 104 Å². The molecule has 1 aromatic rings. The molecule has 1 heterocycles. The second-order valence-corrected chi connectivity index (χ2v) is 3.46. The van der Waals surface area contributed by atoms with Gasteiger partial charge in [0.1, 0.15) is 0 Å². The van der Waals surface area contributed by atoms with Crippen LogP contribution in [0.25, 0.3) is 6.08 Å². The highest BCUT2D eigenvalue weighted by atomic mass is 16.5. The molecule has 0 aliphatic heterocycles. The zero-order valence-electron chi connectivity index (χ0n) is 10.1. The number of methoxy groups -OCH3 is 1. The lowest BCUT2D eigenvalue weighted by atomic mass is 10.1. The quantitative estimate of drug-likeness (QED) is 0.489. The fourth-order valence-electron chi connectivity index (χ4n) is 1.30. The minimum atomic E-state index is -0.586. The number of hydrogen-bond acceptors (Lipinski definition) is 5. The molecule has 1 amide bonds. The molecule has 0 fully saturated rings. The SMILES string of the molecule is C=Nc1cncc(C(=O)OC)c1/C=C(\C)C(N)=O. The van der Waals surface area contributed by atoms with Gasteiger partial charge in [0.05, 0.1) is 24.6 Å². The molecule has 0 unspecified atom stereocenters. The Bertz CT molecular complexity index is 535. The van der Waals surface area contributed by atoms with Gasteiger partial charge >= 0.3 is 5.97 Å². The van der Waals surface area contributed by atoms with Crippen molar-refractivity contribution in [3.05, 3.63) is 29.1 Å². The Morgan fingerprint density at radius 2 is 2.17 bits per heavy atom. The lowest BCUT2D eigenvalue weighted by Gasteiger charge is -2.07. The van der Waals surface area contributed by atoms with Crippen LogP contribution in [-0.2, 0) is 9.53 Å². The molecule has 0 aliphatic rings. The second-order valence-electron chi connectivity index (χ2n) is 3.46. The van der Waals surface area contributed by atoms with Crippen molar-refractivity contribution in [2.75, 3.05) is 7.11 Å². The summed E-state index contributed by atoms with van der Waals surface area (Å²) in [5.74, 6) is -1.16. The third-order valence-corrected chi connectivity index (χ3v) is 2.29. The van der Waals surface area contributed by atoms with Crippen LogP contribution < -0.4 is 5.73 Å². The molecule has 1 aromatic heterocycles. The van der Waals surface area contributed by atoms with Crippen molar-refractivity contribution in [3.63, 3.8) is 0 Å². The highest BCUT2D eigenvalue weighted by Crippen LogP contribution is 2.24. The van der Waals surface area contributed by atoms with E-state index in [9.17, 15) is 9.59 Å². The minimum absolute atomic E-state index is 0.197. The van der Waals surface area contributed by atoms with Crippen LogP contribution in [0.1, 0.15) is 22.8 Å². The molecule has 6 nitrogen and oxygen atoms in total. The Hall–Kier alpha value is -2.50. The zero-order valence-corrected chi connectivity index (χ0v) is 10.1. The van der Waals surface area contributed by atoms with Crippen molar-refractivity contribution in [1.82, 2.24) is 4.98 Å². The van der Waals surface area contributed by atoms with E-state index in [2.05, 4.69) is 21.4 Å². The molecule has 6 heteroatoms. The molecule has 0 aromatic carbocycles. The number of nitrogens with zero attached hydrogens (tertiary/aromatic N) is 2. The first-order valence-corrected chi connectivity index (χ1v) is 5.02. The molecule has 0 aliphatic carbocycles. The van der Waals surface area contributed by atoms with Gasteiger partial charge in [0.2, 0.25) is 5.91 Å². The highest BCUT2D eigenvalue weighted by Gasteiger charge is 2.15. The summed E-state index contributed by atoms with van der Waals surface area (Å²) in [6.45, 7) is 4.92. The Morgan fingerprint density at radius 3 is 2.67 bits per heavy atom.